The van der Waals surface area contributed by atoms with Crippen molar-refractivity contribution in [2.75, 3.05) is 5.32 Å². The summed E-state index contributed by atoms with van der Waals surface area (Å²) in [6.07, 6.45) is 1.16. The number of thiocarbonyl (C=S) groups is 1. The molecule has 0 aliphatic carbocycles. The van der Waals surface area contributed by atoms with Gasteiger partial charge in [-0.05, 0) is 56.1 Å². The lowest BCUT2D eigenvalue weighted by molar-refractivity contribution is 0.242. The first-order valence-corrected chi connectivity index (χ1v) is 9.24. The van der Waals surface area contributed by atoms with E-state index in [1.807, 2.05) is 44.2 Å². The van der Waals surface area contributed by atoms with Crippen LogP contribution in [0.4, 0.5) is 5.69 Å². The molecule has 4 heteroatoms. The Labute approximate surface area is 156 Å². The topological polar surface area (TPSA) is 33.3 Å². The molecule has 1 atom stereocenters. The van der Waals surface area contributed by atoms with Crippen LogP contribution in [0, 0.1) is 5.92 Å². The third-order valence-electron chi connectivity index (χ3n) is 3.68. The first kappa shape index (κ1) is 19.3. The van der Waals surface area contributed by atoms with Crippen LogP contribution in [0.25, 0.3) is 0 Å². The first-order valence-electron chi connectivity index (χ1n) is 8.83. The predicted octanol–water partition coefficient (Wildman–Crippen LogP) is 5.55. The van der Waals surface area contributed by atoms with Gasteiger partial charge in [-0.25, -0.2) is 0 Å². The lowest BCUT2D eigenvalue weighted by Crippen LogP contribution is -2.33. The van der Waals surface area contributed by atoms with E-state index in [9.17, 15) is 0 Å². The molecule has 0 saturated heterocycles. The smallest absolute Gasteiger partial charge is 0.171 e. The molecule has 0 bridgehead atoms. The second-order valence-corrected chi connectivity index (χ2v) is 7.29. The number of hydrogen-bond donors (Lipinski definition) is 2. The maximum atomic E-state index is 5.74. The van der Waals surface area contributed by atoms with Crippen LogP contribution in [0.1, 0.15) is 45.7 Å². The minimum Gasteiger partial charge on any atom is -0.491 e. The van der Waals surface area contributed by atoms with Crippen molar-refractivity contribution >= 4 is 23.0 Å². The highest BCUT2D eigenvalue weighted by Gasteiger charge is 2.14. The summed E-state index contributed by atoms with van der Waals surface area (Å²) in [4.78, 5) is 0. The van der Waals surface area contributed by atoms with Gasteiger partial charge in [0, 0.05) is 11.8 Å². The standard InChI is InChI=1S/C21H28N2OS/c1-15(2)13-20(17-9-6-5-7-10-17)23-21(25)22-18-11-8-12-19(14-18)24-16(3)4/h5-12,14-16,20H,13H2,1-4H3,(H2,22,23,25). The minimum absolute atomic E-state index is 0.147. The van der Waals surface area contributed by atoms with E-state index in [0.29, 0.717) is 11.0 Å². The van der Waals surface area contributed by atoms with Gasteiger partial charge in [-0.1, -0.05) is 50.2 Å². The predicted molar refractivity (Wildman–Crippen MR) is 110 cm³/mol. The third-order valence-corrected chi connectivity index (χ3v) is 3.90. The number of benzene rings is 2. The molecule has 3 nitrogen and oxygen atoms in total. The molecule has 0 heterocycles. The summed E-state index contributed by atoms with van der Waals surface area (Å²) in [6.45, 7) is 8.48. The molecule has 0 aliphatic rings. The zero-order valence-corrected chi connectivity index (χ0v) is 16.3. The van der Waals surface area contributed by atoms with Crippen LogP contribution in [-0.4, -0.2) is 11.2 Å². The fraction of sp³-hybridized carbons (Fsp3) is 0.381. The SMILES string of the molecule is CC(C)CC(NC(=S)Nc1cccc(OC(C)C)c1)c1ccccc1. The lowest BCUT2D eigenvalue weighted by Gasteiger charge is -2.23. The van der Waals surface area contributed by atoms with Gasteiger partial charge >= 0.3 is 0 Å². The van der Waals surface area contributed by atoms with Crippen molar-refractivity contribution in [3.63, 3.8) is 0 Å². The lowest BCUT2D eigenvalue weighted by atomic mass is 9.97. The highest BCUT2D eigenvalue weighted by Crippen LogP contribution is 2.22. The molecule has 0 spiro atoms. The van der Waals surface area contributed by atoms with E-state index in [1.54, 1.807) is 0 Å². The van der Waals surface area contributed by atoms with Gasteiger partial charge in [-0.2, -0.15) is 0 Å². The molecule has 0 radical (unpaired) electrons. The molecule has 25 heavy (non-hydrogen) atoms. The Balaban J connectivity index is 2.03. The quantitative estimate of drug-likeness (QED) is 0.638. The van der Waals surface area contributed by atoms with E-state index in [2.05, 4.69) is 48.7 Å². The Kier molecular flexibility index (Phi) is 7.26. The van der Waals surface area contributed by atoms with Crippen LogP contribution < -0.4 is 15.4 Å². The van der Waals surface area contributed by atoms with Crippen molar-refractivity contribution in [1.29, 1.82) is 0 Å². The van der Waals surface area contributed by atoms with E-state index in [0.717, 1.165) is 17.9 Å². The van der Waals surface area contributed by atoms with E-state index < -0.39 is 0 Å². The number of ether oxygens (including phenoxy) is 1. The number of nitrogens with one attached hydrogen (secondary N) is 2. The molecule has 0 aromatic heterocycles. The number of hydrogen-bond acceptors (Lipinski definition) is 2. The average molecular weight is 357 g/mol. The maximum Gasteiger partial charge on any atom is 0.171 e. The van der Waals surface area contributed by atoms with Crippen molar-refractivity contribution in [3.05, 3.63) is 60.2 Å². The monoisotopic (exact) mass is 356 g/mol. The maximum absolute atomic E-state index is 5.74. The Morgan fingerprint density at radius 3 is 2.36 bits per heavy atom. The van der Waals surface area contributed by atoms with Crippen LogP contribution in [0.3, 0.4) is 0 Å². The Morgan fingerprint density at radius 2 is 1.72 bits per heavy atom. The fourth-order valence-electron chi connectivity index (χ4n) is 2.68. The largest absolute Gasteiger partial charge is 0.491 e. The molecule has 0 amide bonds. The molecule has 134 valence electrons. The molecule has 1 unspecified atom stereocenters. The summed E-state index contributed by atoms with van der Waals surface area (Å²) < 4.78 is 5.74. The normalized spacial score (nSPS) is 12.1. The second kappa shape index (κ2) is 9.42. The van der Waals surface area contributed by atoms with E-state index in [-0.39, 0.29) is 12.1 Å². The zero-order valence-electron chi connectivity index (χ0n) is 15.5. The summed E-state index contributed by atoms with van der Waals surface area (Å²) in [7, 11) is 0. The van der Waals surface area contributed by atoms with Crippen molar-refractivity contribution in [3.8, 4) is 5.75 Å². The second-order valence-electron chi connectivity index (χ2n) is 6.89. The first-order chi connectivity index (χ1) is 11.9. The highest BCUT2D eigenvalue weighted by molar-refractivity contribution is 7.80. The van der Waals surface area contributed by atoms with Gasteiger partial charge in [-0.15, -0.1) is 0 Å². The highest BCUT2D eigenvalue weighted by atomic mass is 32.1. The zero-order chi connectivity index (χ0) is 18.2. The van der Waals surface area contributed by atoms with E-state index in [1.165, 1.54) is 5.56 Å². The van der Waals surface area contributed by atoms with Crippen LogP contribution >= 0.6 is 12.2 Å². The Morgan fingerprint density at radius 1 is 1.00 bits per heavy atom. The van der Waals surface area contributed by atoms with Gasteiger partial charge in [0.25, 0.3) is 0 Å². The molecule has 2 aromatic rings. The minimum atomic E-state index is 0.147. The summed E-state index contributed by atoms with van der Waals surface area (Å²) in [5, 5.41) is 7.34. The van der Waals surface area contributed by atoms with Gasteiger partial charge < -0.3 is 15.4 Å². The van der Waals surface area contributed by atoms with Crippen LogP contribution in [0.5, 0.6) is 5.75 Å². The van der Waals surface area contributed by atoms with Crippen molar-refractivity contribution < 1.29 is 4.74 Å². The number of rotatable bonds is 7. The molecule has 2 aromatic carbocycles. The van der Waals surface area contributed by atoms with Gasteiger partial charge in [0.1, 0.15) is 5.75 Å². The summed E-state index contributed by atoms with van der Waals surface area (Å²) in [6, 6.07) is 18.5. The van der Waals surface area contributed by atoms with Crippen molar-refractivity contribution in [1.82, 2.24) is 5.32 Å². The van der Waals surface area contributed by atoms with Gasteiger partial charge in [0.2, 0.25) is 0 Å². The fourth-order valence-corrected chi connectivity index (χ4v) is 2.94. The number of anilines is 1. The van der Waals surface area contributed by atoms with Crippen LogP contribution in [0.15, 0.2) is 54.6 Å². The van der Waals surface area contributed by atoms with Crippen LogP contribution in [-0.2, 0) is 0 Å². The molecule has 0 saturated carbocycles. The molecular weight excluding hydrogens is 328 g/mol. The summed E-state index contributed by atoms with van der Waals surface area (Å²) in [5.74, 6) is 1.41. The van der Waals surface area contributed by atoms with Crippen molar-refractivity contribution in [2.24, 2.45) is 5.92 Å². The van der Waals surface area contributed by atoms with Crippen LogP contribution in [0.2, 0.25) is 0 Å². The third kappa shape index (κ3) is 6.75. The van der Waals surface area contributed by atoms with Crippen molar-refractivity contribution in [2.45, 2.75) is 46.3 Å². The van der Waals surface area contributed by atoms with Gasteiger partial charge in [0.15, 0.2) is 5.11 Å². The molecule has 0 fully saturated rings. The van der Waals surface area contributed by atoms with Gasteiger partial charge in [-0.3, -0.25) is 0 Å². The van der Waals surface area contributed by atoms with Gasteiger partial charge in [0.05, 0.1) is 12.1 Å². The Bertz CT molecular complexity index is 671. The average Bonchev–Trinajstić information content (AvgIpc) is 2.54. The van der Waals surface area contributed by atoms with E-state index in [4.69, 9.17) is 17.0 Å². The van der Waals surface area contributed by atoms with E-state index >= 15 is 0 Å². The molecule has 2 N–H and O–H groups in total. The molecule has 2 rings (SSSR count). The molecule has 0 aliphatic heterocycles. The summed E-state index contributed by atoms with van der Waals surface area (Å²) >= 11 is 5.53. The molecular formula is C21H28N2OS. The summed E-state index contributed by atoms with van der Waals surface area (Å²) in [5.41, 5.74) is 2.17. The Hall–Kier alpha value is -2.07.